The minimum Gasteiger partial charge on any atom is -0.483 e. The van der Waals surface area contributed by atoms with Gasteiger partial charge in [-0.15, -0.1) is 0 Å². The predicted octanol–water partition coefficient (Wildman–Crippen LogP) is 3.61. The third kappa shape index (κ3) is 4.46. The number of hydrogen-bond donors (Lipinski definition) is 2. The third-order valence-corrected chi connectivity index (χ3v) is 3.63. The molecule has 0 aromatic heterocycles. The van der Waals surface area contributed by atoms with E-state index in [0.29, 0.717) is 22.0 Å². The number of anilines is 1. The van der Waals surface area contributed by atoms with Crippen molar-refractivity contribution in [2.75, 3.05) is 11.9 Å². The largest absolute Gasteiger partial charge is 0.483 e. The molecule has 1 amide bonds. The van der Waals surface area contributed by atoms with Gasteiger partial charge in [0.2, 0.25) is 0 Å². The maximum Gasteiger partial charge on any atom is 0.262 e. The molecular formula is C15H13BrClNO3. The highest BCUT2D eigenvalue weighted by molar-refractivity contribution is 9.10. The van der Waals surface area contributed by atoms with Crippen LogP contribution in [0.5, 0.6) is 5.75 Å². The van der Waals surface area contributed by atoms with E-state index in [-0.39, 0.29) is 19.1 Å². The van der Waals surface area contributed by atoms with Crippen molar-refractivity contribution >= 4 is 39.1 Å². The SMILES string of the molecule is O=C(COc1ccc(Cl)cc1CO)Nc1ccccc1Br. The Bertz CT molecular complexity index is 649. The highest BCUT2D eigenvalue weighted by Crippen LogP contribution is 2.23. The first-order valence-electron chi connectivity index (χ1n) is 6.16. The fourth-order valence-corrected chi connectivity index (χ4v) is 2.28. The Hall–Kier alpha value is -1.56. The zero-order valence-electron chi connectivity index (χ0n) is 11.0. The lowest BCUT2D eigenvalue weighted by Crippen LogP contribution is -2.20. The van der Waals surface area contributed by atoms with Crippen LogP contribution in [-0.2, 0) is 11.4 Å². The Morgan fingerprint density at radius 2 is 2.05 bits per heavy atom. The Kier molecular flexibility index (Phi) is 5.61. The summed E-state index contributed by atoms with van der Waals surface area (Å²) >= 11 is 9.18. The number of amides is 1. The van der Waals surface area contributed by atoms with Crippen LogP contribution in [0.4, 0.5) is 5.69 Å². The Balaban J connectivity index is 1.97. The summed E-state index contributed by atoms with van der Waals surface area (Å²) < 4.78 is 6.20. The van der Waals surface area contributed by atoms with Crippen molar-refractivity contribution in [2.45, 2.75) is 6.61 Å². The first kappa shape index (κ1) is 15.8. The second kappa shape index (κ2) is 7.45. The van der Waals surface area contributed by atoms with Gasteiger partial charge in [0.15, 0.2) is 6.61 Å². The number of carbonyl (C=O) groups is 1. The molecule has 0 fully saturated rings. The molecule has 2 aromatic carbocycles. The summed E-state index contributed by atoms with van der Waals surface area (Å²) in [4.78, 5) is 11.9. The molecule has 0 saturated heterocycles. The van der Waals surface area contributed by atoms with E-state index in [1.807, 2.05) is 18.2 Å². The van der Waals surface area contributed by atoms with E-state index in [1.165, 1.54) is 0 Å². The van der Waals surface area contributed by atoms with Crippen molar-refractivity contribution in [3.05, 3.63) is 57.5 Å². The van der Waals surface area contributed by atoms with Gasteiger partial charge in [-0.3, -0.25) is 4.79 Å². The molecule has 21 heavy (non-hydrogen) atoms. The number of para-hydroxylation sites is 1. The van der Waals surface area contributed by atoms with Crippen molar-refractivity contribution in [2.24, 2.45) is 0 Å². The lowest BCUT2D eigenvalue weighted by Gasteiger charge is -2.11. The zero-order chi connectivity index (χ0) is 15.2. The van der Waals surface area contributed by atoms with Crippen LogP contribution in [0.3, 0.4) is 0 Å². The predicted molar refractivity (Wildman–Crippen MR) is 85.6 cm³/mol. The molecule has 4 nitrogen and oxygen atoms in total. The summed E-state index contributed by atoms with van der Waals surface area (Å²) in [6.07, 6.45) is 0. The van der Waals surface area contributed by atoms with Gasteiger partial charge in [0.05, 0.1) is 12.3 Å². The van der Waals surface area contributed by atoms with E-state index >= 15 is 0 Å². The van der Waals surface area contributed by atoms with Crippen molar-refractivity contribution in [1.29, 1.82) is 0 Å². The van der Waals surface area contributed by atoms with Gasteiger partial charge in [-0.1, -0.05) is 23.7 Å². The minimum atomic E-state index is -0.291. The van der Waals surface area contributed by atoms with E-state index in [9.17, 15) is 9.90 Å². The van der Waals surface area contributed by atoms with Crippen molar-refractivity contribution in [3.8, 4) is 5.75 Å². The second-order valence-electron chi connectivity index (χ2n) is 4.23. The number of ether oxygens (including phenoxy) is 1. The van der Waals surface area contributed by atoms with Crippen LogP contribution in [0.1, 0.15) is 5.56 Å². The number of aliphatic hydroxyl groups is 1. The number of carbonyl (C=O) groups excluding carboxylic acids is 1. The van der Waals surface area contributed by atoms with Crippen LogP contribution in [0, 0.1) is 0 Å². The number of benzene rings is 2. The molecule has 0 spiro atoms. The molecule has 0 saturated carbocycles. The van der Waals surface area contributed by atoms with Crippen molar-refractivity contribution in [3.63, 3.8) is 0 Å². The maximum absolute atomic E-state index is 11.9. The summed E-state index contributed by atoms with van der Waals surface area (Å²) in [5, 5.41) is 12.5. The first-order chi connectivity index (χ1) is 10.1. The van der Waals surface area contributed by atoms with Crippen LogP contribution in [0.2, 0.25) is 5.02 Å². The first-order valence-corrected chi connectivity index (χ1v) is 7.33. The highest BCUT2D eigenvalue weighted by Gasteiger charge is 2.09. The van der Waals surface area contributed by atoms with Crippen molar-refractivity contribution < 1.29 is 14.6 Å². The number of hydrogen-bond acceptors (Lipinski definition) is 3. The maximum atomic E-state index is 11.9. The monoisotopic (exact) mass is 369 g/mol. The molecular weight excluding hydrogens is 358 g/mol. The second-order valence-corrected chi connectivity index (χ2v) is 5.52. The molecule has 2 N–H and O–H groups in total. The van der Waals surface area contributed by atoms with Gasteiger partial charge in [0.25, 0.3) is 5.91 Å². The summed E-state index contributed by atoms with van der Waals surface area (Å²) in [5.74, 6) is 0.143. The molecule has 2 rings (SSSR count). The average Bonchev–Trinajstić information content (AvgIpc) is 2.48. The molecule has 0 atom stereocenters. The van der Waals surface area contributed by atoms with E-state index < -0.39 is 0 Å². The smallest absolute Gasteiger partial charge is 0.262 e. The molecule has 0 bridgehead atoms. The van der Waals surface area contributed by atoms with E-state index in [0.717, 1.165) is 4.47 Å². The Morgan fingerprint density at radius 3 is 2.76 bits per heavy atom. The molecule has 0 aliphatic carbocycles. The van der Waals surface area contributed by atoms with E-state index in [4.69, 9.17) is 16.3 Å². The van der Waals surface area contributed by atoms with Gasteiger partial charge < -0.3 is 15.2 Å². The Morgan fingerprint density at radius 1 is 1.29 bits per heavy atom. The summed E-state index contributed by atoms with van der Waals surface area (Å²) in [6, 6.07) is 12.2. The summed E-state index contributed by atoms with van der Waals surface area (Å²) in [5.41, 5.74) is 1.21. The van der Waals surface area contributed by atoms with Crippen LogP contribution < -0.4 is 10.1 Å². The lowest BCUT2D eigenvalue weighted by atomic mass is 10.2. The molecule has 0 aliphatic heterocycles. The number of aliphatic hydroxyl groups excluding tert-OH is 1. The number of rotatable bonds is 5. The normalized spacial score (nSPS) is 10.2. The topological polar surface area (TPSA) is 58.6 Å². The quantitative estimate of drug-likeness (QED) is 0.845. The molecule has 2 aromatic rings. The van der Waals surface area contributed by atoms with E-state index in [1.54, 1.807) is 24.3 Å². The minimum absolute atomic E-state index is 0.157. The standard InChI is InChI=1S/C15H13BrClNO3/c16-12-3-1-2-4-13(12)18-15(20)9-21-14-6-5-11(17)7-10(14)8-19/h1-7,19H,8-9H2,(H,18,20). The Labute approximate surface area is 135 Å². The van der Waals surface area contributed by atoms with E-state index in [2.05, 4.69) is 21.2 Å². The van der Waals surface area contributed by atoms with Crippen LogP contribution in [0.25, 0.3) is 0 Å². The van der Waals surface area contributed by atoms with Gasteiger partial charge in [-0.25, -0.2) is 0 Å². The summed E-state index contributed by atoms with van der Waals surface area (Å²) in [6.45, 7) is -0.363. The fraction of sp³-hybridized carbons (Fsp3) is 0.133. The molecule has 0 radical (unpaired) electrons. The molecule has 0 heterocycles. The van der Waals surface area contributed by atoms with Gasteiger partial charge in [-0.2, -0.15) is 0 Å². The summed E-state index contributed by atoms with van der Waals surface area (Å²) in [7, 11) is 0. The van der Waals surface area contributed by atoms with Crippen LogP contribution in [-0.4, -0.2) is 17.6 Å². The molecule has 6 heteroatoms. The van der Waals surface area contributed by atoms with Gasteiger partial charge in [0.1, 0.15) is 5.75 Å². The third-order valence-electron chi connectivity index (χ3n) is 2.70. The number of nitrogens with one attached hydrogen (secondary N) is 1. The van der Waals surface area contributed by atoms with Gasteiger partial charge in [-0.05, 0) is 46.3 Å². The highest BCUT2D eigenvalue weighted by atomic mass is 79.9. The van der Waals surface area contributed by atoms with Crippen LogP contribution >= 0.6 is 27.5 Å². The average molecular weight is 371 g/mol. The lowest BCUT2D eigenvalue weighted by molar-refractivity contribution is -0.118. The fourth-order valence-electron chi connectivity index (χ4n) is 1.70. The molecule has 0 unspecified atom stereocenters. The number of halogens is 2. The van der Waals surface area contributed by atoms with Crippen molar-refractivity contribution in [1.82, 2.24) is 0 Å². The molecule has 0 aliphatic rings. The zero-order valence-corrected chi connectivity index (χ0v) is 13.3. The van der Waals surface area contributed by atoms with Crippen LogP contribution in [0.15, 0.2) is 46.9 Å². The van der Waals surface area contributed by atoms with Gasteiger partial charge >= 0.3 is 0 Å². The van der Waals surface area contributed by atoms with Gasteiger partial charge in [0, 0.05) is 15.1 Å². The molecule has 110 valence electrons.